The Morgan fingerprint density at radius 1 is 0.897 bits per heavy atom. The lowest BCUT2D eigenvalue weighted by Gasteiger charge is -2.17. The van der Waals surface area contributed by atoms with Crippen LogP contribution in [0.15, 0.2) is 24.4 Å². The third kappa shape index (κ3) is 6.01. The molecule has 0 saturated carbocycles. The molecule has 0 saturated heterocycles. The van der Waals surface area contributed by atoms with Crippen molar-refractivity contribution in [2.24, 2.45) is 0 Å². The highest BCUT2D eigenvalue weighted by atomic mass is 127. The first-order valence-corrected chi connectivity index (χ1v) is 8.79. The van der Waals surface area contributed by atoms with Gasteiger partial charge in [0.05, 0.1) is 22.8 Å². The molecule has 1 aromatic heterocycles. The number of rotatable bonds is 5. The number of aromatic amines is 1. The standard InChI is InChI=1S/C16H12F9IN2O/c17-14(18,19)8-1-7(2-9(3-8)15(20,21)22)12(29)6-27-5-11-13(26)10(4-28-11)16(23,24)25/h1-4,12,27-29H,5-6H2. The zero-order valence-electron chi connectivity index (χ0n) is 14.0. The van der Waals surface area contributed by atoms with E-state index in [9.17, 15) is 44.6 Å². The summed E-state index contributed by atoms with van der Waals surface area (Å²) in [6.45, 7) is -0.717. The average molecular weight is 546 g/mol. The number of alkyl halides is 9. The Morgan fingerprint density at radius 3 is 1.83 bits per heavy atom. The maximum absolute atomic E-state index is 12.9. The van der Waals surface area contributed by atoms with Crippen molar-refractivity contribution >= 4 is 22.6 Å². The summed E-state index contributed by atoms with van der Waals surface area (Å²) >= 11 is 1.45. The fraction of sp³-hybridized carbons (Fsp3) is 0.375. The van der Waals surface area contributed by atoms with E-state index in [-0.39, 0.29) is 21.9 Å². The number of aliphatic hydroxyl groups is 1. The molecule has 162 valence electrons. The summed E-state index contributed by atoms with van der Waals surface area (Å²) in [4.78, 5) is 2.38. The third-order valence-corrected chi connectivity index (χ3v) is 5.06. The summed E-state index contributed by atoms with van der Waals surface area (Å²) in [6.07, 6.45) is -15.7. The van der Waals surface area contributed by atoms with Crippen LogP contribution in [0.25, 0.3) is 0 Å². The molecule has 1 aromatic carbocycles. The fourth-order valence-corrected chi connectivity index (χ4v) is 3.21. The Bertz CT molecular complexity index is 823. The summed E-state index contributed by atoms with van der Waals surface area (Å²) in [7, 11) is 0. The Balaban J connectivity index is 2.15. The van der Waals surface area contributed by atoms with Gasteiger partial charge >= 0.3 is 18.5 Å². The lowest BCUT2D eigenvalue weighted by molar-refractivity contribution is -0.143. The van der Waals surface area contributed by atoms with E-state index >= 15 is 0 Å². The number of hydrogen-bond donors (Lipinski definition) is 3. The van der Waals surface area contributed by atoms with E-state index in [4.69, 9.17) is 0 Å². The highest BCUT2D eigenvalue weighted by Crippen LogP contribution is 2.37. The van der Waals surface area contributed by atoms with Gasteiger partial charge in [-0.2, -0.15) is 39.5 Å². The largest absolute Gasteiger partial charge is 0.418 e. The van der Waals surface area contributed by atoms with Gasteiger partial charge in [-0.1, -0.05) is 0 Å². The summed E-state index contributed by atoms with van der Waals surface area (Å²) in [6, 6.07) is 0.715. The van der Waals surface area contributed by atoms with Crippen molar-refractivity contribution in [3.8, 4) is 0 Å². The van der Waals surface area contributed by atoms with Crippen LogP contribution in [0.5, 0.6) is 0 Å². The van der Waals surface area contributed by atoms with Crippen LogP contribution in [-0.2, 0) is 25.1 Å². The molecule has 0 aliphatic heterocycles. The van der Waals surface area contributed by atoms with E-state index in [1.54, 1.807) is 0 Å². The van der Waals surface area contributed by atoms with Crippen LogP contribution < -0.4 is 5.32 Å². The average Bonchev–Trinajstić information content (AvgIpc) is 2.94. The molecule has 1 unspecified atom stereocenters. The van der Waals surface area contributed by atoms with Crippen LogP contribution in [0.2, 0.25) is 0 Å². The third-order valence-electron chi connectivity index (χ3n) is 3.83. The molecule has 0 aliphatic carbocycles. The van der Waals surface area contributed by atoms with E-state index in [2.05, 4.69) is 10.3 Å². The molecule has 0 aliphatic rings. The van der Waals surface area contributed by atoms with E-state index in [0.717, 1.165) is 6.20 Å². The van der Waals surface area contributed by atoms with Gasteiger partial charge in [-0.25, -0.2) is 0 Å². The van der Waals surface area contributed by atoms with Gasteiger partial charge in [0.2, 0.25) is 0 Å². The van der Waals surface area contributed by atoms with Gasteiger partial charge in [0.25, 0.3) is 0 Å². The molecule has 13 heteroatoms. The number of halogens is 10. The van der Waals surface area contributed by atoms with Crippen LogP contribution in [0.1, 0.15) is 34.1 Å². The maximum atomic E-state index is 12.9. The summed E-state index contributed by atoms with van der Waals surface area (Å²) in [5.74, 6) is 0. The first-order valence-electron chi connectivity index (χ1n) is 7.72. The second kappa shape index (κ2) is 8.34. The molecule has 0 spiro atoms. The van der Waals surface area contributed by atoms with Crippen LogP contribution in [-0.4, -0.2) is 16.6 Å². The summed E-state index contributed by atoms with van der Waals surface area (Å²) < 4.78 is 115. The van der Waals surface area contributed by atoms with E-state index in [1.165, 1.54) is 22.6 Å². The summed E-state index contributed by atoms with van der Waals surface area (Å²) in [5.41, 5.74) is -4.59. The molecular weight excluding hydrogens is 534 g/mol. The van der Waals surface area contributed by atoms with Crippen LogP contribution in [0.4, 0.5) is 39.5 Å². The van der Waals surface area contributed by atoms with Crippen molar-refractivity contribution in [2.45, 2.75) is 31.2 Å². The van der Waals surface area contributed by atoms with Crippen molar-refractivity contribution in [3.05, 3.63) is 55.9 Å². The zero-order chi connectivity index (χ0) is 22.2. The Hall–Kier alpha value is -1.48. The van der Waals surface area contributed by atoms with Crippen LogP contribution >= 0.6 is 22.6 Å². The topological polar surface area (TPSA) is 48.0 Å². The van der Waals surface area contributed by atoms with Gasteiger partial charge < -0.3 is 15.4 Å². The van der Waals surface area contributed by atoms with Crippen molar-refractivity contribution in [1.82, 2.24) is 10.3 Å². The molecule has 0 amide bonds. The number of benzene rings is 1. The summed E-state index contributed by atoms with van der Waals surface area (Å²) in [5, 5.41) is 12.5. The molecule has 1 heterocycles. The van der Waals surface area contributed by atoms with Crippen molar-refractivity contribution < 1.29 is 44.6 Å². The first-order chi connectivity index (χ1) is 13.1. The van der Waals surface area contributed by atoms with Gasteiger partial charge in [-0.05, 0) is 46.4 Å². The zero-order valence-corrected chi connectivity index (χ0v) is 16.2. The van der Waals surface area contributed by atoms with Crippen LogP contribution in [0, 0.1) is 3.57 Å². The van der Waals surface area contributed by atoms with Crippen molar-refractivity contribution in [3.63, 3.8) is 0 Å². The molecule has 29 heavy (non-hydrogen) atoms. The van der Waals surface area contributed by atoms with E-state index in [1.807, 2.05) is 0 Å². The minimum absolute atomic E-state index is 0.0659. The minimum Gasteiger partial charge on any atom is -0.387 e. The monoisotopic (exact) mass is 546 g/mol. The molecule has 0 fully saturated rings. The van der Waals surface area contributed by atoms with Gasteiger partial charge in [0.15, 0.2) is 0 Å². The fourth-order valence-electron chi connectivity index (χ4n) is 2.41. The number of aliphatic hydroxyl groups excluding tert-OH is 1. The van der Waals surface area contributed by atoms with E-state index < -0.39 is 53.4 Å². The van der Waals surface area contributed by atoms with Gasteiger partial charge in [0, 0.05) is 28.6 Å². The number of H-pyrrole nitrogens is 1. The number of aromatic nitrogens is 1. The lowest BCUT2D eigenvalue weighted by Crippen LogP contribution is -2.22. The predicted molar refractivity (Wildman–Crippen MR) is 91.6 cm³/mol. The smallest absolute Gasteiger partial charge is 0.387 e. The molecule has 0 bridgehead atoms. The highest BCUT2D eigenvalue weighted by molar-refractivity contribution is 14.1. The second-order valence-electron chi connectivity index (χ2n) is 5.98. The second-order valence-corrected chi connectivity index (χ2v) is 7.06. The maximum Gasteiger partial charge on any atom is 0.418 e. The minimum atomic E-state index is -5.06. The quantitative estimate of drug-likeness (QED) is 0.343. The van der Waals surface area contributed by atoms with Gasteiger partial charge in [-0.3, -0.25) is 0 Å². The Morgan fingerprint density at radius 2 is 1.41 bits per heavy atom. The van der Waals surface area contributed by atoms with Crippen molar-refractivity contribution in [1.29, 1.82) is 0 Å². The van der Waals surface area contributed by atoms with Gasteiger partial charge in [-0.15, -0.1) is 0 Å². The van der Waals surface area contributed by atoms with Crippen molar-refractivity contribution in [2.75, 3.05) is 6.54 Å². The first kappa shape index (κ1) is 23.8. The lowest BCUT2D eigenvalue weighted by atomic mass is 10.0. The molecule has 2 rings (SSSR count). The molecule has 0 radical (unpaired) electrons. The number of nitrogens with one attached hydrogen (secondary N) is 2. The molecule has 2 aromatic rings. The van der Waals surface area contributed by atoms with Crippen LogP contribution in [0.3, 0.4) is 0 Å². The normalized spacial score (nSPS) is 14.3. The molecule has 3 nitrogen and oxygen atoms in total. The Labute approximate surface area is 171 Å². The van der Waals surface area contributed by atoms with Gasteiger partial charge in [0.1, 0.15) is 0 Å². The molecule has 1 atom stereocenters. The molecule has 3 N–H and O–H groups in total. The number of hydrogen-bond acceptors (Lipinski definition) is 2. The molecular formula is C16H12F9IN2O. The Kier molecular flexibility index (Phi) is 6.84. The van der Waals surface area contributed by atoms with E-state index in [0.29, 0.717) is 12.1 Å². The highest BCUT2D eigenvalue weighted by Gasteiger charge is 2.37. The predicted octanol–water partition coefficient (Wildman–Crippen LogP) is 5.50. The SMILES string of the molecule is OC(CNCc1[nH]cc(C(F)(F)F)c1I)c1cc(C(F)(F)F)cc(C(F)(F)F)c1.